The lowest BCUT2D eigenvalue weighted by molar-refractivity contribution is -0.132. The Bertz CT molecular complexity index is 979. The van der Waals surface area contributed by atoms with E-state index in [2.05, 4.69) is 15.9 Å². The van der Waals surface area contributed by atoms with Crippen LogP contribution >= 0.6 is 27.3 Å². The Morgan fingerprint density at radius 3 is 2.39 bits per heavy atom. The van der Waals surface area contributed by atoms with Crippen LogP contribution in [0, 0.1) is 6.92 Å². The molecule has 0 aliphatic carbocycles. The van der Waals surface area contributed by atoms with Gasteiger partial charge in [0.05, 0.1) is 9.77 Å². The van der Waals surface area contributed by atoms with Gasteiger partial charge in [0.2, 0.25) is 15.9 Å². The number of carbonyl (C=O) groups excluding carboxylic acids is 2. The van der Waals surface area contributed by atoms with Crippen LogP contribution in [0.4, 0.5) is 0 Å². The predicted molar refractivity (Wildman–Crippen MR) is 112 cm³/mol. The first kappa shape index (κ1) is 21.2. The van der Waals surface area contributed by atoms with Crippen LogP contribution in [0.3, 0.4) is 0 Å². The standard InChI is InChI=1S/C19H21BrN2O4S2/c1-14-5-7-18(27-14)17(23)6-8-19(24)21-9-11-22(12-10-21)28(25,26)16-4-2-3-15(20)13-16/h2-5,7,13H,6,8-12H2,1H3. The van der Waals surface area contributed by atoms with Crippen LogP contribution in [0.5, 0.6) is 0 Å². The largest absolute Gasteiger partial charge is 0.340 e. The minimum absolute atomic E-state index is 0.0256. The van der Waals surface area contributed by atoms with Gasteiger partial charge in [0.25, 0.3) is 0 Å². The molecule has 0 N–H and O–H groups in total. The average molecular weight is 485 g/mol. The number of hydrogen-bond acceptors (Lipinski definition) is 5. The summed E-state index contributed by atoms with van der Waals surface area (Å²) in [6.07, 6.45) is 0.323. The van der Waals surface area contributed by atoms with Crippen molar-refractivity contribution in [2.24, 2.45) is 0 Å². The highest BCUT2D eigenvalue weighted by Gasteiger charge is 2.30. The van der Waals surface area contributed by atoms with Gasteiger partial charge in [0.1, 0.15) is 0 Å². The second kappa shape index (κ2) is 8.86. The molecule has 0 atom stereocenters. The van der Waals surface area contributed by atoms with Gasteiger partial charge in [-0.25, -0.2) is 8.42 Å². The molecule has 1 fully saturated rings. The average Bonchev–Trinajstić information content (AvgIpc) is 3.12. The molecule has 6 nitrogen and oxygen atoms in total. The maximum atomic E-state index is 12.7. The van der Waals surface area contributed by atoms with Gasteiger partial charge >= 0.3 is 0 Å². The van der Waals surface area contributed by atoms with E-state index in [1.165, 1.54) is 15.6 Å². The summed E-state index contributed by atoms with van der Waals surface area (Å²) in [5.74, 6) is -0.136. The van der Waals surface area contributed by atoms with E-state index in [-0.39, 0.29) is 42.5 Å². The molecule has 1 amide bonds. The third kappa shape index (κ3) is 4.89. The number of rotatable bonds is 6. The van der Waals surface area contributed by atoms with E-state index >= 15 is 0 Å². The predicted octanol–water partition coefficient (Wildman–Crippen LogP) is 3.32. The lowest BCUT2D eigenvalue weighted by Gasteiger charge is -2.34. The first-order chi connectivity index (χ1) is 13.3. The van der Waals surface area contributed by atoms with Gasteiger partial charge in [0, 0.05) is 48.4 Å². The van der Waals surface area contributed by atoms with Crippen molar-refractivity contribution in [2.45, 2.75) is 24.7 Å². The Balaban J connectivity index is 1.53. The van der Waals surface area contributed by atoms with Crippen LogP contribution in [-0.2, 0) is 14.8 Å². The fourth-order valence-electron chi connectivity index (χ4n) is 3.04. The van der Waals surface area contributed by atoms with Crippen molar-refractivity contribution in [2.75, 3.05) is 26.2 Å². The van der Waals surface area contributed by atoms with Gasteiger partial charge in [-0.2, -0.15) is 4.31 Å². The van der Waals surface area contributed by atoms with Gasteiger partial charge < -0.3 is 4.90 Å². The van der Waals surface area contributed by atoms with E-state index in [0.717, 1.165) is 4.88 Å². The molecule has 0 bridgehead atoms. The van der Waals surface area contributed by atoms with Gasteiger partial charge in [-0.15, -0.1) is 11.3 Å². The molecule has 0 saturated carbocycles. The summed E-state index contributed by atoms with van der Waals surface area (Å²) in [5.41, 5.74) is 0. The highest BCUT2D eigenvalue weighted by Crippen LogP contribution is 2.22. The van der Waals surface area contributed by atoms with Crippen LogP contribution in [0.15, 0.2) is 45.8 Å². The molecule has 1 saturated heterocycles. The fraction of sp³-hybridized carbons (Fsp3) is 0.368. The smallest absolute Gasteiger partial charge is 0.243 e. The molecule has 0 spiro atoms. The van der Waals surface area contributed by atoms with E-state index in [9.17, 15) is 18.0 Å². The summed E-state index contributed by atoms with van der Waals surface area (Å²) in [4.78, 5) is 28.2. The number of aryl methyl sites for hydroxylation is 1. The van der Waals surface area contributed by atoms with Gasteiger partial charge in [-0.3, -0.25) is 9.59 Å². The quantitative estimate of drug-likeness (QED) is 0.589. The molecule has 2 aromatic rings. The van der Waals surface area contributed by atoms with Crippen molar-refractivity contribution >= 4 is 49.0 Å². The molecule has 2 heterocycles. The molecular formula is C19H21BrN2O4S2. The third-order valence-electron chi connectivity index (χ3n) is 4.61. The molecular weight excluding hydrogens is 464 g/mol. The van der Waals surface area contributed by atoms with Gasteiger partial charge in [0.15, 0.2) is 5.78 Å². The second-order valence-electron chi connectivity index (χ2n) is 6.58. The summed E-state index contributed by atoms with van der Waals surface area (Å²) in [7, 11) is -3.58. The number of thiophene rings is 1. The summed E-state index contributed by atoms with van der Waals surface area (Å²) in [6.45, 7) is 3.10. The summed E-state index contributed by atoms with van der Waals surface area (Å²) >= 11 is 4.73. The molecule has 9 heteroatoms. The number of Topliss-reactive ketones (excluding diaryl/α,β-unsaturated/α-hetero) is 1. The molecule has 0 radical (unpaired) electrons. The van der Waals surface area contributed by atoms with E-state index < -0.39 is 10.0 Å². The second-order valence-corrected chi connectivity index (χ2v) is 10.7. The molecule has 28 heavy (non-hydrogen) atoms. The summed E-state index contributed by atoms with van der Waals surface area (Å²) in [5, 5.41) is 0. The van der Waals surface area contributed by atoms with Crippen molar-refractivity contribution in [3.63, 3.8) is 0 Å². The number of carbonyl (C=O) groups is 2. The number of nitrogens with zero attached hydrogens (tertiary/aromatic N) is 2. The monoisotopic (exact) mass is 484 g/mol. The van der Waals surface area contributed by atoms with Crippen LogP contribution in [0.25, 0.3) is 0 Å². The van der Waals surface area contributed by atoms with E-state index in [0.29, 0.717) is 22.4 Å². The number of halogens is 1. The van der Waals surface area contributed by atoms with Gasteiger partial charge in [-0.05, 0) is 37.3 Å². The Morgan fingerprint density at radius 2 is 1.79 bits per heavy atom. The van der Waals surface area contributed by atoms with Crippen molar-refractivity contribution in [3.8, 4) is 0 Å². The molecule has 150 valence electrons. The van der Waals surface area contributed by atoms with Gasteiger partial charge in [-0.1, -0.05) is 22.0 Å². The Kier molecular flexibility index (Phi) is 6.69. The summed E-state index contributed by atoms with van der Waals surface area (Å²) < 4.78 is 27.6. The van der Waals surface area contributed by atoms with E-state index in [1.54, 1.807) is 35.2 Å². The first-order valence-electron chi connectivity index (χ1n) is 8.90. The normalized spacial score (nSPS) is 15.6. The number of amides is 1. The number of sulfonamides is 1. The first-order valence-corrected chi connectivity index (χ1v) is 12.0. The molecule has 3 rings (SSSR count). The maximum absolute atomic E-state index is 12.7. The molecule has 1 aromatic heterocycles. The zero-order valence-electron chi connectivity index (χ0n) is 15.4. The Labute approximate surface area is 177 Å². The SMILES string of the molecule is Cc1ccc(C(=O)CCC(=O)N2CCN(S(=O)(=O)c3cccc(Br)c3)CC2)s1. The fourth-order valence-corrected chi connectivity index (χ4v) is 5.89. The van der Waals surface area contributed by atoms with Crippen LogP contribution in [0.2, 0.25) is 0 Å². The number of piperazine rings is 1. The molecule has 0 unspecified atom stereocenters. The number of ketones is 1. The van der Waals surface area contributed by atoms with Crippen molar-refractivity contribution in [1.29, 1.82) is 0 Å². The van der Waals surface area contributed by atoms with Crippen LogP contribution in [-0.4, -0.2) is 55.5 Å². The Hall–Kier alpha value is -1.55. The lowest BCUT2D eigenvalue weighted by Crippen LogP contribution is -2.50. The van der Waals surface area contributed by atoms with Crippen LogP contribution < -0.4 is 0 Å². The highest BCUT2D eigenvalue weighted by atomic mass is 79.9. The molecule has 1 aliphatic rings. The molecule has 1 aromatic carbocycles. The van der Waals surface area contributed by atoms with Crippen LogP contribution in [0.1, 0.15) is 27.4 Å². The zero-order valence-corrected chi connectivity index (χ0v) is 18.6. The van der Waals surface area contributed by atoms with E-state index in [1.807, 2.05) is 13.0 Å². The minimum Gasteiger partial charge on any atom is -0.340 e. The topological polar surface area (TPSA) is 74.8 Å². The maximum Gasteiger partial charge on any atom is 0.243 e. The minimum atomic E-state index is -3.58. The molecule has 1 aliphatic heterocycles. The zero-order chi connectivity index (χ0) is 20.3. The van der Waals surface area contributed by atoms with Crippen molar-refractivity contribution in [1.82, 2.24) is 9.21 Å². The lowest BCUT2D eigenvalue weighted by atomic mass is 10.1. The number of benzene rings is 1. The Morgan fingerprint density at radius 1 is 1.07 bits per heavy atom. The van der Waals surface area contributed by atoms with Crippen molar-refractivity contribution < 1.29 is 18.0 Å². The third-order valence-corrected chi connectivity index (χ3v) is 8.04. The van der Waals surface area contributed by atoms with Crippen molar-refractivity contribution in [3.05, 3.63) is 50.6 Å². The summed E-state index contributed by atoms with van der Waals surface area (Å²) in [6, 6.07) is 10.3. The van der Waals surface area contributed by atoms with E-state index in [4.69, 9.17) is 0 Å². The highest BCUT2D eigenvalue weighted by molar-refractivity contribution is 9.10. The number of hydrogen-bond donors (Lipinski definition) is 0.